The Morgan fingerprint density at radius 3 is 2.63 bits per heavy atom. The molecule has 2 heterocycles. The van der Waals surface area contributed by atoms with Gasteiger partial charge in [0.2, 0.25) is 0 Å². The molecule has 3 N–H and O–H groups in total. The van der Waals surface area contributed by atoms with Crippen molar-refractivity contribution in [1.82, 2.24) is 15.0 Å². The van der Waals surface area contributed by atoms with Crippen LogP contribution in [0.2, 0.25) is 10.2 Å². The molecule has 0 atom stereocenters. The van der Waals surface area contributed by atoms with Crippen molar-refractivity contribution in [3.63, 3.8) is 0 Å². The third kappa shape index (κ3) is 2.86. The Kier molecular flexibility index (Phi) is 3.74. The lowest BCUT2D eigenvalue weighted by atomic mass is 10.5. The fraction of sp³-hybridized carbons (Fsp3) is 0. The van der Waals surface area contributed by atoms with Gasteiger partial charge in [0, 0.05) is 6.20 Å². The number of aromatic nitrogens is 3. The van der Waals surface area contributed by atoms with Crippen molar-refractivity contribution in [2.75, 3.05) is 10.5 Å². The van der Waals surface area contributed by atoms with Gasteiger partial charge in [0.05, 0.1) is 0 Å². The first-order valence-electron chi connectivity index (χ1n) is 4.81. The second kappa shape index (κ2) is 5.16. The quantitative estimate of drug-likeness (QED) is 0.830. The Labute approximate surface area is 118 Å². The Morgan fingerprint density at radius 2 is 1.95 bits per heavy atom. The average molecular weight is 320 g/mol. The van der Waals surface area contributed by atoms with Crippen LogP contribution in [0.5, 0.6) is 0 Å². The third-order valence-electron chi connectivity index (χ3n) is 2.07. The number of nitrogens with zero attached hydrogens (tertiary/aromatic N) is 3. The van der Waals surface area contributed by atoms with Crippen molar-refractivity contribution in [1.29, 1.82) is 0 Å². The van der Waals surface area contributed by atoms with E-state index in [2.05, 4.69) is 19.7 Å². The normalized spacial score (nSPS) is 11.3. The largest absolute Gasteiger partial charge is 0.383 e. The van der Waals surface area contributed by atoms with Crippen molar-refractivity contribution < 1.29 is 8.42 Å². The van der Waals surface area contributed by atoms with E-state index in [0.29, 0.717) is 0 Å². The molecular formula is C9H7Cl2N5O2S. The van der Waals surface area contributed by atoms with Gasteiger partial charge in [-0.15, -0.1) is 0 Å². The first-order valence-corrected chi connectivity index (χ1v) is 7.05. The molecule has 0 aromatic carbocycles. The zero-order valence-electron chi connectivity index (χ0n) is 9.21. The lowest BCUT2D eigenvalue weighted by Crippen LogP contribution is -2.16. The van der Waals surface area contributed by atoms with Crippen LogP contribution < -0.4 is 10.5 Å². The molecule has 2 aromatic rings. The van der Waals surface area contributed by atoms with Gasteiger partial charge in [-0.3, -0.25) is 4.72 Å². The van der Waals surface area contributed by atoms with Gasteiger partial charge >= 0.3 is 0 Å². The molecule has 0 spiro atoms. The highest BCUT2D eigenvalue weighted by Crippen LogP contribution is 2.28. The molecule has 100 valence electrons. The Bertz CT molecular complexity index is 722. The summed E-state index contributed by atoms with van der Waals surface area (Å²) in [6.07, 6.45) is 2.46. The molecular weight excluding hydrogens is 313 g/mol. The van der Waals surface area contributed by atoms with Crippen LogP contribution >= 0.6 is 23.2 Å². The molecule has 2 rings (SSSR count). The lowest BCUT2D eigenvalue weighted by Gasteiger charge is -2.09. The van der Waals surface area contributed by atoms with Gasteiger partial charge in [-0.25, -0.2) is 23.4 Å². The van der Waals surface area contributed by atoms with E-state index in [-0.39, 0.29) is 26.7 Å². The highest BCUT2D eigenvalue weighted by molar-refractivity contribution is 7.92. The zero-order valence-corrected chi connectivity index (χ0v) is 11.5. The first-order chi connectivity index (χ1) is 8.92. The summed E-state index contributed by atoms with van der Waals surface area (Å²) in [6.45, 7) is 0. The molecule has 0 aliphatic carbocycles. The monoisotopic (exact) mass is 319 g/mol. The summed E-state index contributed by atoms with van der Waals surface area (Å²) in [4.78, 5) is 10.8. The summed E-state index contributed by atoms with van der Waals surface area (Å²) in [5, 5.41) is -0.163. The van der Waals surface area contributed by atoms with Gasteiger partial charge in [-0.2, -0.15) is 0 Å². The molecule has 19 heavy (non-hydrogen) atoms. The first kappa shape index (κ1) is 13.8. The Hall–Kier alpha value is -1.64. The minimum atomic E-state index is -3.95. The summed E-state index contributed by atoms with van der Waals surface area (Å²) in [5.74, 6) is -0.267. The maximum absolute atomic E-state index is 12.1. The van der Waals surface area contributed by atoms with Crippen LogP contribution in [0.3, 0.4) is 0 Å². The SMILES string of the molecule is Nc1ncccc1S(=O)(=O)Nc1ncnc(Cl)c1Cl. The maximum atomic E-state index is 12.1. The third-order valence-corrected chi connectivity index (χ3v) is 4.19. The van der Waals surface area contributed by atoms with E-state index in [9.17, 15) is 8.42 Å². The number of nitrogens with one attached hydrogen (secondary N) is 1. The molecule has 0 unspecified atom stereocenters. The van der Waals surface area contributed by atoms with Crippen molar-refractivity contribution >= 4 is 44.9 Å². The van der Waals surface area contributed by atoms with Crippen molar-refractivity contribution in [2.45, 2.75) is 4.90 Å². The Balaban J connectivity index is 2.43. The van der Waals surface area contributed by atoms with E-state index in [1.54, 1.807) is 0 Å². The van der Waals surface area contributed by atoms with E-state index in [4.69, 9.17) is 28.9 Å². The van der Waals surface area contributed by atoms with Gasteiger partial charge < -0.3 is 5.73 Å². The number of rotatable bonds is 3. The smallest absolute Gasteiger partial charge is 0.266 e. The van der Waals surface area contributed by atoms with Crippen LogP contribution in [0.4, 0.5) is 11.6 Å². The number of nitrogens with two attached hydrogens (primary N) is 1. The topological polar surface area (TPSA) is 111 Å². The number of hydrogen-bond donors (Lipinski definition) is 2. The molecule has 0 amide bonds. The molecule has 0 saturated carbocycles. The molecule has 0 fully saturated rings. The number of hydrogen-bond acceptors (Lipinski definition) is 6. The molecule has 7 nitrogen and oxygen atoms in total. The fourth-order valence-corrected chi connectivity index (χ4v) is 2.67. The van der Waals surface area contributed by atoms with Crippen LogP contribution in [0.1, 0.15) is 0 Å². The van der Waals surface area contributed by atoms with Crippen LogP contribution in [0, 0.1) is 0 Å². The zero-order chi connectivity index (χ0) is 14.0. The maximum Gasteiger partial charge on any atom is 0.266 e. The molecule has 10 heteroatoms. The molecule has 0 aliphatic heterocycles. The van der Waals surface area contributed by atoms with Gasteiger partial charge in [0.15, 0.2) is 11.0 Å². The number of halogens is 2. The molecule has 0 aliphatic rings. The summed E-state index contributed by atoms with van der Waals surface area (Å²) >= 11 is 11.5. The van der Waals surface area contributed by atoms with Crippen molar-refractivity contribution in [3.05, 3.63) is 34.8 Å². The standard InChI is InChI=1S/C9H7Cl2N5O2S/c10-6-7(11)14-4-15-9(6)16-19(17,18)5-2-1-3-13-8(5)12/h1-4H,(H2,12,13)(H,14,15,16). The molecule has 0 saturated heterocycles. The number of pyridine rings is 1. The highest BCUT2D eigenvalue weighted by atomic mass is 35.5. The predicted molar refractivity (Wildman–Crippen MR) is 71.5 cm³/mol. The average Bonchev–Trinajstić information content (AvgIpc) is 2.35. The van der Waals surface area contributed by atoms with E-state index in [1.165, 1.54) is 18.3 Å². The predicted octanol–water partition coefficient (Wildman–Crippen LogP) is 1.56. The van der Waals surface area contributed by atoms with Gasteiger partial charge in [0.25, 0.3) is 10.0 Å². The summed E-state index contributed by atoms with van der Waals surface area (Å²) < 4.78 is 26.4. The molecule has 2 aromatic heterocycles. The van der Waals surface area contributed by atoms with Crippen molar-refractivity contribution in [2.24, 2.45) is 0 Å². The minimum Gasteiger partial charge on any atom is -0.383 e. The van der Waals surface area contributed by atoms with Crippen molar-refractivity contribution in [3.8, 4) is 0 Å². The lowest BCUT2D eigenvalue weighted by molar-refractivity contribution is 0.601. The second-order valence-corrected chi connectivity index (χ2v) is 5.71. The molecule has 0 bridgehead atoms. The van der Waals surface area contributed by atoms with Crippen LogP contribution in [0.15, 0.2) is 29.6 Å². The van der Waals surface area contributed by atoms with Crippen LogP contribution in [-0.4, -0.2) is 23.4 Å². The number of nitrogen functional groups attached to an aromatic ring is 1. The molecule has 0 radical (unpaired) electrons. The number of sulfonamides is 1. The van der Waals surface area contributed by atoms with Gasteiger partial charge in [-0.1, -0.05) is 23.2 Å². The summed E-state index contributed by atoms with van der Waals surface area (Å²) in [7, 11) is -3.95. The number of anilines is 2. The minimum absolute atomic E-state index is 0.0616. The van der Waals surface area contributed by atoms with E-state index >= 15 is 0 Å². The highest BCUT2D eigenvalue weighted by Gasteiger charge is 2.20. The second-order valence-electron chi connectivity index (χ2n) is 3.32. The van der Waals surface area contributed by atoms with E-state index < -0.39 is 10.0 Å². The van der Waals surface area contributed by atoms with E-state index in [0.717, 1.165) is 6.33 Å². The van der Waals surface area contributed by atoms with Crippen LogP contribution in [0.25, 0.3) is 0 Å². The van der Waals surface area contributed by atoms with Crippen LogP contribution in [-0.2, 0) is 10.0 Å². The Morgan fingerprint density at radius 1 is 1.21 bits per heavy atom. The fourth-order valence-electron chi connectivity index (χ4n) is 1.23. The van der Waals surface area contributed by atoms with Gasteiger partial charge in [-0.05, 0) is 12.1 Å². The van der Waals surface area contributed by atoms with Gasteiger partial charge in [0.1, 0.15) is 22.1 Å². The summed E-state index contributed by atoms with van der Waals surface area (Å²) in [6, 6.07) is 2.75. The van der Waals surface area contributed by atoms with E-state index in [1.807, 2.05) is 0 Å². The summed E-state index contributed by atoms with van der Waals surface area (Å²) in [5.41, 5.74) is 5.51.